The molecular weight excluding hydrogens is 289 g/mol. The van der Waals surface area contributed by atoms with Gasteiger partial charge in [0.15, 0.2) is 0 Å². The van der Waals surface area contributed by atoms with Crippen molar-refractivity contribution in [2.45, 2.75) is 25.9 Å². The summed E-state index contributed by atoms with van der Waals surface area (Å²) in [6.45, 7) is 3.62. The lowest BCUT2D eigenvalue weighted by molar-refractivity contribution is -0.142. The van der Waals surface area contributed by atoms with Gasteiger partial charge in [0.25, 0.3) is 0 Å². The lowest BCUT2D eigenvalue weighted by atomic mass is 10.1. The molecule has 1 aromatic rings. The molecule has 1 rings (SSSR count). The van der Waals surface area contributed by atoms with Crippen molar-refractivity contribution in [2.24, 2.45) is 0 Å². The predicted molar refractivity (Wildman–Crippen MR) is 67.1 cm³/mol. The van der Waals surface area contributed by atoms with E-state index >= 15 is 0 Å². The van der Waals surface area contributed by atoms with Crippen molar-refractivity contribution < 1.29 is 13.9 Å². The van der Waals surface area contributed by atoms with Gasteiger partial charge >= 0.3 is 5.97 Å². The predicted octanol–water partition coefficient (Wildman–Crippen LogP) is 2.80. The van der Waals surface area contributed by atoms with Crippen molar-refractivity contribution in [1.29, 1.82) is 0 Å². The molecule has 0 saturated heterocycles. The number of hydrogen-bond donors (Lipinski definition) is 1. The molecule has 3 nitrogen and oxygen atoms in total. The van der Waals surface area contributed by atoms with Crippen LogP contribution < -0.4 is 5.32 Å². The molecule has 0 heterocycles. The average molecular weight is 304 g/mol. The Labute approximate surface area is 108 Å². The van der Waals surface area contributed by atoms with Crippen LogP contribution in [0.3, 0.4) is 0 Å². The number of benzene rings is 1. The molecule has 0 fully saturated rings. The summed E-state index contributed by atoms with van der Waals surface area (Å²) < 4.78 is 18.2. The van der Waals surface area contributed by atoms with E-state index in [1.807, 2.05) is 6.92 Å². The Bertz CT molecular complexity index is 411. The molecule has 17 heavy (non-hydrogen) atoms. The number of rotatable bonds is 4. The number of esters is 1. The summed E-state index contributed by atoms with van der Waals surface area (Å²) in [6.07, 6.45) is 0. The van der Waals surface area contributed by atoms with Gasteiger partial charge in [-0.3, -0.25) is 10.1 Å². The molecule has 1 aromatic carbocycles. The average Bonchev–Trinajstić information content (AvgIpc) is 2.27. The fraction of sp³-hybridized carbons (Fsp3) is 0.417. The molecular formula is C12H15BrFNO2. The molecule has 0 aromatic heterocycles. The van der Waals surface area contributed by atoms with Crippen LogP contribution in [0.1, 0.15) is 25.5 Å². The lowest BCUT2D eigenvalue weighted by Gasteiger charge is -2.19. The normalized spacial score (nSPS) is 14.2. The quantitative estimate of drug-likeness (QED) is 0.869. The summed E-state index contributed by atoms with van der Waals surface area (Å²) >= 11 is 3.30. The van der Waals surface area contributed by atoms with Crippen LogP contribution in [0.2, 0.25) is 0 Å². The van der Waals surface area contributed by atoms with E-state index in [0.29, 0.717) is 4.47 Å². The van der Waals surface area contributed by atoms with Crippen molar-refractivity contribution in [3.63, 3.8) is 0 Å². The van der Waals surface area contributed by atoms with E-state index in [-0.39, 0.29) is 17.8 Å². The molecule has 0 bridgehead atoms. The smallest absolute Gasteiger partial charge is 0.322 e. The third-order valence-electron chi connectivity index (χ3n) is 2.48. The Morgan fingerprint density at radius 3 is 2.65 bits per heavy atom. The second-order valence-electron chi connectivity index (χ2n) is 3.80. The fourth-order valence-corrected chi connectivity index (χ4v) is 2.26. The molecule has 0 saturated carbocycles. The van der Waals surface area contributed by atoms with Gasteiger partial charge in [-0.25, -0.2) is 4.39 Å². The number of methoxy groups -OCH3 is 1. The molecule has 1 N–H and O–H groups in total. The fourth-order valence-electron chi connectivity index (χ4n) is 1.56. The Morgan fingerprint density at radius 1 is 1.47 bits per heavy atom. The highest BCUT2D eigenvalue weighted by molar-refractivity contribution is 9.10. The Morgan fingerprint density at radius 2 is 2.12 bits per heavy atom. The van der Waals surface area contributed by atoms with Crippen LogP contribution in [-0.2, 0) is 9.53 Å². The second-order valence-corrected chi connectivity index (χ2v) is 4.65. The van der Waals surface area contributed by atoms with Gasteiger partial charge in [-0.15, -0.1) is 0 Å². The van der Waals surface area contributed by atoms with E-state index in [1.54, 1.807) is 13.0 Å². The first-order valence-electron chi connectivity index (χ1n) is 5.24. The molecule has 0 aliphatic rings. The Kier molecular flexibility index (Phi) is 5.08. The molecule has 0 aliphatic heterocycles. The zero-order valence-electron chi connectivity index (χ0n) is 9.96. The monoisotopic (exact) mass is 303 g/mol. The Hall–Kier alpha value is -0.940. The van der Waals surface area contributed by atoms with E-state index in [4.69, 9.17) is 0 Å². The van der Waals surface area contributed by atoms with E-state index in [1.165, 1.54) is 19.2 Å². The van der Waals surface area contributed by atoms with Crippen molar-refractivity contribution in [1.82, 2.24) is 5.32 Å². The van der Waals surface area contributed by atoms with Crippen molar-refractivity contribution >= 4 is 21.9 Å². The summed E-state index contributed by atoms with van der Waals surface area (Å²) in [7, 11) is 1.35. The summed E-state index contributed by atoms with van der Waals surface area (Å²) in [6, 6.07) is 3.98. The van der Waals surface area contributed by atoms with Crippen LogP contribution in [-0.4, -0.2) is 19.1 Å². The van der Waals surface area contributed by atoms with Gasteiger partial charge in [0.05, 0.1) is 7.11 Å². The molecule has 94 valence electrons. The molecule has 0 spiro atoms. The summed E-state index contributed by atoms with van der Waals surface area (Å²) in [5.74, 6) is -0.621. The second kappa shape index (κ2) is 6.12. The van der Waals surface area contributed by atoms with E-state index in [0.717, 1.165) is 5.56 Å². The third-order valence-corrected chi connectivity index (χ3v) is 3.17. The van der Waals surface area contributed by atoms with Gasteiger partial charge in [0.2, 0.25) is 0 Å². The lowest BCUT2D eigenvalue weighted by Crippen LogP contribution is -2.36. The number of carbonyl (C=O) groups excluding carboxylic acids is 1. The molecule has 5 heteroatoms. The van der Waals surface area contributed by atoms with Crippen molar-refractivity contribution in [3.05, 3.63) is 34.1 Å². The van der Waals surface area contributed by atoms with E-state index < -0.39 is 6.04 Å². The summed E-state index contributed by atoms with van der Waals surface area (Å²) in [5, 5.41) is 3.08. The van der Waals surface area contributed by atoms with Crippen molar-refractivity contribution in [3.8, 4) is 0 Å². The van der Waals surface area contributed by atoms with Crippen LogP contribution in [0.25, 0.3) is 0 Å². The minimum atomic E-state index is -0.410. The van der Waals surface area contributed by atoms with Gasteiger partial charge < -0.3 is 4.74 Å². The van der Waals surface area contributed by atoms with Gasteiger partial charge in [-0.1, -0.05) is 22.0 Å². The maximum Gasteiger partial charge on any atom is 0.322 e. The number of halogens is 2. The number of carbonyl (C=O) groups is 1. The van der Waals surface area contributed by atoms with Gasteiger partial charge in [0, 0.05) is 10.5 Å². The minimum absolute atomic E-state index is 0.0842. The molecule has 0 amide bonds. The number of ether oxygens (including phenoxy) is 1. The highest BCUT2D eigenvalue weighted by atomic mass is 79.9. The largest absolute Gasteiger partial charge is 0.468 e. The van der Waals surface area contributed by atoms with Gasteiger partial charge in [0.1, 0.15) is 11.9 Å². The first-order chi connectivity index (χ1) is 7.95. The number of hydrogen-bond acceptors (Lipinski definition) is 3. The van der Waals surface area contributed by atoms with Crippen LogP contribution in [0.5, 0.6) is 0 Å². The number of nitrogens with one attached hydrogen (secondary N) is 1. The molecule has 1 unspecified atom stereocenters. The third kappa shape index (κ3) is 3.78. The zero-order valence-corrected chi connectivity index (χ0v) is 11.5. The molecule has 0 radical (unpaired) electrons. The maximum atomic E-state index is 12.9. The Balaban J connectivity index is 2.76. The first kappa shape index (κ1) is 14.1. The molecule has 2 atom stereocenters. The standard InChI is InChI=1S/C12H15BrFNO2/c1-7(15-8(2)12(16)17-3)10-5-4-9(14)6-11(10)13/h4-8,15H,1-3H3/t7?,8-/m0/s1. The van der Waals surface area contributed by atoms with E-state index in [9.17, 15) is 9.18 Å². The van der Waals surface area contributed by atoms with Crippen LogP contribution in [0, 0.1) is 5.82 Å². The summed E-state index contributed by atoms with van der Waals surface area (Å²) in [5.41, 5.74) is 0.891. The van der Waals surface area contributed by atoms with Crippen molar-refractivity contribution in [2.75, 3.05) is 7.11 Å². The van der Waals surface area contributed by atoms with E-state index in [2.05, 4.69) is 26.0 Å². The van der Waals surface area contributed by atoms with Gasteiger partial charge in [-0.2, -0.15) is 0 Å². The molecule has 0 aliphatic carbocycles. The van der Waals surface area contributed by atoms with Gasteiger partial charge in [-0.05, 0) is 31.5 Å². The summed E-state index contributed by atoms with van der Waals surface area (Å²) in [4.78, 5) is 11.3. The maximum absolute atomic E-state index is 12.9. The topological polar surface area (TPSA) is 38.3 Å². The van der Waals surface area contributed by atoms with Crippen LogP contribution in [0.4, 0.5) is 4.39 Å². The highest BCUT2D eigenvalue weighted by Gasteiger charge is 2.17. The minimum Gasteiger partial charge on any atom is -0.468 e. The van der Waals surface area contributed by atoms with Crippen LogP contribution >= 0.6 is 15.9 Å². The zero-order chi connectivity index (χ0) is 13.0. The van der Waals surface area contributed by atoms with Crippen LogP contribution in [0.15, 0.2) is 22.7 Å². The highest BCUT2D eigenvalue weighted by Crippen LogP contribution is 2.24. The SMILES string of the molecule is COC(=O)[C@H](C)NC(C)c1ccc(F)cc1Br. The first-order valence-corrected chi connectivity index (χ1v) is 6.03.